The Kier molecular flexibility index (Phi) is 3.82. The summed E-state index contributed by atoms with van der Waals surface area (Å²) < 4.78 is 5.42. The zero-order valence-corrected chi connectivity index (χ0v) is 13.6. The Morgan fingerprint density at radius 2 is 2.00 bits per heavy atom. The summed E-state index contributed by atoms with van der Waals surface area (Å²) in [6.45, 7) is 4.45. The van der Waals surface area contributed by atoms with Gasteiger partial charge in [0.25, 0.3) is 0 Å². The van der Waals surface area contributed by atoms with Crippen LogP contribution in [0.3, 0.4) is 0 Å². The maximum atomic E-state index is 12.3. The average Bonchev–Trinajstić information content (AvgIpc) is 3.20. The summed E-state index contributed by atoms with van der Waals surface area (Å²) >= 11 is 0. The minimum absolute atomic E-state index is 0.00546. The molecule has 2 N–H and O–H groups in total. The van der Waals surface area contributed by atoms with E-state index in [1.165, 1.54) is 17.7 Å². The first-order valence-electron chi connectivity index (χ1n) is 8.09. The van der Waals surface area contributed by atoms with Crippen LogP contribution < -0.4 is 5.32 Å². The van der Waals surface area contributed by atoms with Crippen molar-refractivity contribution in [3.8, 4) is 0 Å². The van der Waals surface area contributed by atoms with E-state index in [0.717, 1.165) is 18.6 Å². The third kappa shape index (κ3) is 2.92. The molecule has 1 saturated heterocycles. The van der Waals surface area contributed by atoms with Crippen LogP contribution in [0, 0.1) is 5.41 Å². The summed E-state index contributed by atoms with van der Waals surface area (Å²) in [5.74, 6) is 0.329. The number of anilines is 1. The molecular formula is C16H23N3O4. The molecule has 2 fully saturated rings. The van der Waals surface area contributed by atoms with Crippen molar-refractivity contribution < 1.29 is 19.2 Å². The van der Waals surface area contributed by atoms with Gasteiger partial charge >= 0.3 is 12.0 Å². The van der Waals surface area contributed by atoms with Gasteiger partial charge in [0.1, 0.15) is 5.76 Å². The van der Waals surface area contributed by atoms with Crippen LogP contribution >= 0.6 is 0 Å². The van der Waals surface area contributed by atoms with Crippen molar-refractivity contribution in [2.75, 3.05) is 18.4 Å². The summed E-state index contributed by atoms with van der Waals surface area (Å²) in [5, 5.41) is 15.9. The van der Waals surface area contributed by atoms with Crippen LogP contribution in [0.5, 0.6) is 0 Å². The van der Waals surface area contributed by atoms with Gasteiger partial charge in [-0.05, 0) is 26.2 Å². The van der Waals surface area contributed by atoms with Crippen molar-refractivity contribution in [2.24, 2.45) is 5.41 Å². The van der Waals surface area contributed by atoms with Crippen molar-refractivity contribution in [3.63, 3.8) is 0 Å². The molecule has 2 amide bonds. The van der Waals surface area contributed by atoms with Gasteiger partial charge in [-0.3, -0.25) is 10.1 Å². The summed E-state index contributed by atoms with van der Waals surface area (Å²) in [7, 11) is 0. The lowest BCUT2D eigenvalue weighted by Gasteiger charge is -2.20. The molecule has 1 saturated carbocycles. The third-order valence-corrected chi connectivity index (χ3v) is 5.32. The third-order valence-electron chi connectivity index (χ3n) is 5.32. The van der Waals surface area contributed by atoms with E-state index >= 15 is 0 Å². The van der Waals surface area contributed by atoms with Gasteiger partial charge in [-0.15, -0.1) is 0 Å². The normalized spacial score (nSPS) is 26.4. The Labute approximate surface area is 135 Å². The number of hydrogen-bond donors (Lipinski definition) is 2. The van der Waals surface area contributed by atoms with Gasteiger partial charge < -0.3 is 14.5 Å². The summed E-state index contributed by atoms with van der Waals surface area (Å²) in [4.78, 5) is 25.0. The smallest absolute Gasteiger partial charge is 0.323 e. The summed E-state index contributed by atoms with van der Waals surface area (Å²) in [6, 6.07) is 1.46. The Morgan fingerprint density at radius 1 is 1.30 bits per heavy atom. The number of urea groups is 1. The van der Waals surface area contributed by atoms with Crippen LogP contribution in [0.2, 0.25) is 0 Å². The van der Waals surface area contributed by atoms with E-state index in [1.54, 1.807) is 13.0 Å². The SMILES string of the molecule is CC1(C(=O)O)CCN(C(=O)Nc2cc(C3(C)CCCC3)on2)C1. The van der Waals surface area contributed by atoms with Crippen LogP contribution in [0.1, 0.15) is 51.7 Å². The minimum Gasteiger partial charge on any atom is -0.481 e. The Morgan fingerprint density at radius 3 is 2.61 bits per heavy atom. The topological polar surface area (TPSA) is 95.7 Å². The summed E-state index contributed by atoms with van der Waals surface area (Å²) in [5.41, 5.74) is -0.866. The van der Waals surface area contributed by atoms with Gasteiger partial charge in [0.2, 0.25) is 0 Å². The predicted molar refractivity (Wildman–Crippen MR) is 83.3 cm³/mol. The molecule has 0 spiro atoms. The lowest BCUT2D eigenvalue weighted by atomic mass is 9.86. The first-order chi connectivity index (χ1) is 10.8. The van der Waals surface area contributed by atoms with E-state index < -0.39 is 11.4 Å². The van der Waals surface area contributed by atoms with E-state index in [4.69, 9.17) is 4.52 Å². The highest BCUT2D eigenvalue weighted by Crippen LogP contribution is 2.41. The second kappa shape index (κ2) is 5.54. The number of carboxylic acid groups (broad SMARTS) is 1. The predicted octanol–water partition coefficient (Wildman–Crippen LogP) is 2.83. The van der Waals surface area contributed by atoms with Gasteiger partial charge in [-0.1, -0.05) is 24.9 Å². The van der Waals surface area contributed by atoms with Crippen molar-refractivity contribution >= 4 is 17.8 Å². The maximum Gasteiger partial charge on any atom is 0.323 e. The van der Waals surface area contributed by atoms with Gasteiger partial charge in [0, 0.05) is 24.6 Å². The molecular weight excluding hydrogens is 298 g/mol. The largest absolute Gasteiger partial charge is 0.481 e. The molecule has 2 heterocycles. The quantitative estimate of drug-likeness (QED) is 0.892. The molecule has 7 heteroatoms. The Balaban J connectivity index is 1.63. The number of carbonyl (C=O) groups is 2. The van der Waals surface area contributed by atoms with Gasteiger partial charge in [0.05, 0.1) is 5.41 Å². The number of nitrogens with zero attached hydrogens (tertiary/aromatic N) is 2. The molecule has 3 rings (SSSR count). The highest BCUT2D eigenvalue weighted by Gasteiger charge is 2.42. The summed E-state index contributed by atoms with van der Waals surface area (Å²) in [6.07, 6.45) is 4.95. The van der Waals surface area contributed by atoms with Crippen LogP contribution in [0.15, 0.2) is 10.6 Å². The molecule has 1 aliphatic carbocycles. The monoisotopic (exact) mass is 321 g/mol. The lowest BCUT2D eigenvalue weighted by molar-refractivity contribution is -0.146. The molecule has 0 radical (unpaired) electrons. The number of hydrogen-bond acceptors (Lipinski definition) is 4. The number of rotatable bonds is 3. The molecule has 0 bridgehead atoms. The number of carbonyl (C=O) groups excluding carboxylic acids is 1. The highest BCUT2D eigenvalue weighted by atomic mass is 16.5. The molecule has 0 aromatic carbocycles. The molecule has 23 heavy (non-hydrogen) atoms. The van der Waals surface area contributed by atoms with Crippen molar-refractivity contribution in [1.29, 1.82) is 0 Å². The molecule has 126 valence electrons. The average molecular weight is 321 g/mol. The zero-order chi connectivity index (χ0) is 16.7. The lowest BCUT2D eigenvalue weighted by Crippen LogP contribution is -2.37. The van der Waals surface area contributed by atoms with E-state index in [0.29, 0.717) is 18.8 Å². The van der Waals surface area contributed by atoms with E-state index in [2.05, 4.69) is 17.4 Å². The van der Waals surface area contributed by atoms with Crippen LogP contribution in [-0.4, -0.2) is 40.3 Å². The molecule has 1 unspecified atom stereocenters. The van der Waals surface area contributed by atoms with E-state index in [-0.39, 0.29) is 18.0 Å². The second-order valence-electron chi connectivity index (χ2n) is 7.31. The van der Waals surface area contributed by atoms with Gasteiger partial charge in [-0.25, -0.2) is 4.79 Å². The van der Waals surface area contributed by atoms with E-state index in [9.17, 15) is 14.7 Å². The Bertz CT molecular complexity index is 621. The fourth-order valence-electron chi connectivity index (χ4n) is 3.52. The molecule has 1 atom stereocenters. The zero-order valence-electron chi connectivity index (χ0n) is 13.6. The maximum absolute atomic E-state index is 12.3. The van der Waals surface area contributed by atoms with Crippen molar-refractivity contribution in [1.82, 2.24) is 10.1 Å². The number of amides is 2. The molecule has 2 aliphatic rings. The fourth-order valence-corrected chi connectivity index (χ4v) is 3.52. The number of aromatic nitrogens is 1. The fraction of sp³-hybridized carbons (Fsp3) is 0.688. The van der Waals surface area contributed by atoms with Crippen molar-refractivity contribution in [3.05, 3.63) is 11.8 Å². The van der Waals surface area contributed by atoms with Gasteiger partial charge in [0.15, 0.2) is 5.82 Å². The Hall–Kier alpha value is -2.05. The van der Waals surface area contributed by atoms with Crippen LogP contribution in [-0.2, 0) is 10.2 Å². The highest BCUT2D eigenvalue weighted by molar-refractivity contribution is 5.89. The number of carboxylic acids is 1. The van der Waals surface area contributed by atoms with Crippen LogP contribution in [0.4, 0.5) is 10.6 Å². The number of likely N-dealkylation sites (tertiary alicyclic amines) is 1. The van der Waals surface area contributed by atoms with E-state index in [1.807, 2.05) is 0 Å². The van der Waals surface area contributed by atoms with Crippen molar-refractivity contribution in [2.45, 2.75) is 51.4 Å². The minimum atomic E-state index is -0.871. The molecule has 1 aliphatic heterocycles. The van der Waals surface area contributed by atoms with Gasteiger partial charge in [-0.2, -0.15) is 0 Å². The second-order valence-corrected chi connectivity index (χ2v) is 7.31. The standard InChI is InChI=1S/C16H23N3O4/c1-15(5-3-4-6-15)11-9-12(18-23-11)17-14(22)19-8-7-16(2,10-19)13(20)21/h9H,3-8,10H2,1-2H3,(H,20,21)(H,17,18,22). The first-order valence-corrected chi connectivity index (χ1v) is 8.09. The number of nitrogens with one attached hydrogen (secondary N) is 1. The molecule has 1 aromatic heterocycles. The first kappa shape index (κ1) is 15.8. The molecule has 7 nitrogen and oxygen atoms in total. The van der Waals surface area contributed by atoms with Crippen LogP contribution in [0.25, 0.3) is 0 Å². The number of aliphatic carboxylic acids is 1. The molecule has 1 aromatic rings.